The lowest BCUT2D eigenvalue weighted by Crippen LogP contribution is -2.54. The molecular weight excluding hydrogens is 740 g/mol. The zero-order valence-electron chi connectivity index (χ0n) is 17.5. The average molecular weight is 753 g/mol. The molecule has 0 aromatic heterocycles. The van der Waals surface area contributed by atoms with Gasteiger partial charge < -0.3 is 4.74 Å². The molecule has 0 radical (unpaired) electrons. The van der Waals surface area contributed by atoms with E-state index >= 15 is 0 Å². The van der Waals surface area contributed by atoms with E-state index in [-0.39, 0.29) is 23.0 Å². The highest BCUT2D eigenvalue weighted by Gasteiger charge is 2.35. The van der Waals surface area contributed by atoms with Gasteiger partial charge in [0.2, 0.25) is 0 Å². The molecule has 1 N–H and O–H groups in total. The maximum absolute atomic E-state index is 14.3. The molecule has 0 saturated carbocycles. The second-order valence-corrected chi connectivity index (χ2v) is 10.8. The summed E-state index contributed by atoms with van der Waals surface area (Å²) in [5.41, 5.74) is 1.16. The van der Waals surface area contributed by atoms with E-state index < -0.39 is 17.6 Å². The van der Waals surface area contributed by atoms with Crippen LogP contribution in [0.15, 0.2) is 60.2 Å². The van der Waals surface area contributed by atoms with Gasteiger partial charge in [0, 0.05) is 15.6 Å². The summed E-state index contributed by atoms with van der Waals surface area (Å²) in [6.45, 7) is 0.235. The van der Waals surface area contributed by atoms with Crippen LogP contribution in [-0.4, -0.2) is 16.9 Å². The van der Waals surface area contributed by atoms with Crippen LogP contribution in [-0.2, 0) is 16.2 Å². The molecule has 11 heteroatoms. The Morgan fingerprint density at radius 1 is 1.06 bits per heavy atom. The second kappa shape index (κ2) is 11.1. The summed E-state index contributed by atoms with van der Waals surface area (Å²) >= 11 is 21.5. The van der Waals surface area contributed by atoms with Gasteiger partial charge in [-0.3, -0.25) is 14.9 Å². The molecule has 0 unspecified atom stereocenters. The number of nitrogens with one attached hydrogen (secondary N) is 1. The van der Waals surface area contributed by atoms with Gasteiger partial charge in [-0.15, -0.1) is 0 Å². The molecule has 1 heterocycles. The standard InChI is InChI=1S/C24H13Cl2FI2N2O3S/c25-14-6-5-13(16(26)10-14)11-34-21-18(28)8-12(9-19(21)29)7-15-22(32)30-24(35)31(23(15)33)20-4-2-1-3-17(20)27/h1-10H,11H2,(H,30,32,35)/b15-7+. The fraction of sp³-hybridized carbons (Fsp3) is 0.0417. The predicted octanol–water partition coefficient (Wildman–Crippen LogP) is 6.75. The summed E-state index contributed by atoms with van der Waals surface area (Å²) in [6.07, 6.45) is 1.44. The number of carbonyl (C=O) groups is 2. The van der Waals surface area contributed by atoms with Crippen LogP contribution >= 0.6 is 80.6 Å². The molecule has 0 atom stereocenters. The smallest absolute Gasteiger partial charge is 0.270 e. The van der Waals surface area contributed by atoms with Crippen LogP contribution in [0.5, 0.6) is 5.75 Å². The number of nitrogens with zero attached hydrogens (tertiary/aromatic N) is 1. The van der Waals surface area contributed by atoms with Crippen LogP contribution in [0.1, 0.15) is 11.1 Å². The number of para-hydroxylation sites is 1. The Morgan fingerprint density at radius 2 is 1.74 bits per heavy atom. The summed E-state index contributed by atoms with van der Waals surface area (Å²) in [6, 6.07) is 14.4. The second-order valence-electron chi connectivity index (χ2n) is 7.25. The molecule has 178 valence electrons. The minimum atomic E-state index is -0.716. The molecule has 35 heavy (non-hydrogen) atoms. The van der Waals surface area contributed by atoms with Crippen LogP contribution < -0.4 is 15.0 Å². The Balaban J connectivity index is 1.62. The van der Waals surface area contributed by atoms with Crippen LogP contribution in [0.4, 0.5) is 10.1 Å². The van der Waals surface area contributed by atoms with Crippen LogP contribution in [0.25, 0.3) is 6.08 Å². The zero-order valence-corrected chi connectivity index (χ0v) is 24.1. The third-order valence-electron chi connectivity index (χ3n) is 4.91. The molecule has 5 nitrogen and oxygen atoms in total. The lowest BCUT2D eigenvalue weighted by atomic mass is 10.1. The summed E-state index contributed by atoms with van der Waals surface area (Å²) in [5.74, 6) is -1.38. The molecule has 0 spiro atoms. The topological polar surface area (TPSA) is 58.6 Å². The lowest BCUT2D eigenvalue weighted by molar-refractivity contribution is -0.122. The molecule has 1 aliphatic rings. The van der Waals surface area contributed by atoms with E-state index in [1.54, 1.807) is 36.4 Å². The quantitative estimate of drug-likeness (QED) is 0.136. The van der Waals surface area contributed by atoms with E-state index in [1.165, 1.54) is 24.3 Å². The molecule has 3 aromatic rings. The van der Waals surface area contributed by atoms with E-state index in [1.807, 2.05) is 0 Å². The highest BCUT2D eigenvalue weighted by atomic mass is 127. The number of hydrogen-bond acceptors (Lipinski definition) is 4. The Bertz CT molecular complexity index is 1390. The maximum Gasteiger partial charge on any atom is 0.270 e. The fourth-order valence-corrected chi connectivity index (χ4v) is 6.13. The summed E-state index contributed by atoms with van der Waals surface area (Å²) < 4.78 is 21.9. The molecule has 3 aromatic carbocycles. The van der Waals surface area contributed by atoms with Crippen LogP contribution in [0, 0.1) is 13.0 Å². The monoisotopic (exact) mass is 752 g/mol. The number of amides is 2. The largest absolute Gasteiger partial charge is 0.487 e. The van der Waals surface area contributed by atoms with Crippen molar-refractivity contribution >= 4 is 109 Å². The van der Waals surface area contributed by atoms with E-state index in [2.05, 4.69) is 50.5 Å². The SMILES string of the molecule is O=C1NC(=S)N(c2ccccc2F)C(=O)/C1=C/c1cc(I)c(OCc2ccc(Cl)cc2Cl)c(I)c1. The lowest BCUT2D eigenvalue weighted by Gasteiger charge is -2.29. The van der Waals surface area contributed by atoms with Gasteiger partial charge in [0.15, 0.2) is 5.11 Å². The maximum atomic E-state index is 14.3. The third-order valence-corrected chi connectivity index (χ3v) is 7.39. The number of ether oxygens (including phenoxy) is 1. The number of benzene rings is 3. The molecule has 4 rings (SSSR count). The molecule has 1 saturated heterocycles. The average Bonchev–Trinajstić information content (AvgIpc) is 2.78. The van der Waals surface area contributed by atoms with Crippen molar-refractivity contribution in [1.29, 1.82) is 0 Å². The van der Waals surface area contributed by atoms with Gasteiger partial charge in [-0.05, 0) is 105 Å². The van der Waals surface area contributed by atoms with Crippen LogP contribution in [0.3, 0.4) is 0 Å². The van der Waals surface area contributed by atoms with Gasteiger partial charge in [-0.25, -0.2) is 9.29 Å². The molecule has 1 aliphatic heterocycles. The highest BCUT2D eigenvalue weighted by molar-refractivity contribution is 14.1. The van der Waals surface area contributed by atoms with Gasteiger partial charge in [0.25, 0.3) is 11.8 Å². The molecule has 1 fully saturated rings. The summed E-state index contributed by atoms with van der Waals surface area (Å²) in [5, 5.41) is 3.31. The van der Waals surface area contributed by atoms with Crippen LogP contribution in [0.2, 0.25) is 10.0 Å². The molecule has 0 aliphatic carbocycles. The van der Waals surface area contributed by atoms with Gasteiger partial charge in [-0.2, -0.15) is 0 Å². The van der Waals surface area contributed by atoms with Crippen molar-refractivity contribution in [3.05, 3.63) is 94.3 Å². The summed E-state index contributed by atoms with van der Waals surface area (Å²) in [7, 11) is 0. The van der Waals surface area contributed by atoms with E-state index in [4.69, 9.17) is 40.2 Å². The molecule has 0 bridgehead atoms. The van der Waals surface area contributed by atoms with Crippen molar-refractivity contribution in [2.24, 2.45) is 0 Å². The number of rotatable bonds is 5. The first-order valence-electron chi connectivity index (χ1n) is 9.87. The minimum Gasteiger partial charge on any atom is -0.487 e. The van der Waals surface area contributed by atoms with E-state index in [9.17, 15) is 14.0 Å². The fourth-order valence-electron chi connectivity index (χ4n) is 3.27. The molecular formula is C24H13Cl2FI2N2O3S. The first-order chi connectivity index (χ1) is 16.7. The van der Waals surface area contributed by atoms with Gasteiger partial charge in [-0.1, -0.05) is 41.4 Å². The third kappa shape index (κ3) is 5.79. The molecule has 2 amide bonds. The number of halogens is 5. The van der Waals surface area contributed by atoms with Crippen molar-refractivity contribution in [3.63, 3.8) is 0 Å². The normalized spacial score (nSPS) is 14.9. The Kier molecular flexibility index (Phi) is 8.31. The van der Waals surface area contributed by atoms with Gasteiger partial charge in [0.05, 0.1) is 12.8 Å². The minimum absolute atomic E-state index is 0.0397. The zero-order chi connectivity index (χ0) is 25.3. The Hall–Kier alpha value is -1.80. The van der Waals surface area contributed by atoms with Crippen molar-refractivity contribution in [2.75, 3.05) is 4.90 Å². The number of hydrogen-bond donors (Lipinski definition) is 1. The first-order valence-corrected chi connectivity index (χ1v) is 13.2. The summed E-state index contributed by atoms with van der Waals surface area (Å²) in [4.78, 5) is 26.7. The highest BCUT2D eigenvalue weighted by Crippen LogP contribution is 2.32. The Morgan fingerprint density at radius 3 is 2.40 bits per heavy atom. The van der Waals surface area contributed by atoms with E-state index in [0.29, 0.717) is 21.4 Å². The van der Waals surface area contributed by atoms with Gasteiger partial charge >= 0.3 is 0 Å². The van der Waals surface area contributed by atoms with E-state index in [0.717, 1.165) is 17.6 Å². The Labute approximate surface area is 242 Å². The number of anilines is 1. The van der Waals surface area contributed by atoms with Gasteiger partial charge in [0.1, 0.15) is 23.7 Å². The number of thiocarbonyl (C=S) groups is 1. The van der Waals surface area contributed by atoms with Crippen molar-refractivity contribution in [1.82, 2.24) is 5.32 Å². The van der Waals surface area contributed by atoms with Crippen molar-refractivity contribution < 1.29 is 18.7 Å². The first kappa shape index (κ1) is 26.3. The number of carbonyl (C=O) groups excluding carboxylic acids is 2. The van der Waals surface area contributed by atoms with Crippen molar-refractivity contribution in [3.8, 4) is 5.75 Å². The van der Waals surface area contributed by atoms with Crippen molar-refractivity contribution in [2.45, 2.75) is 6.61 Å². The predicted molar refractivity (Wildman–Crippen MR) is 155 cm³/mol.